The lowest BCUT2D eigenvalue weighted by Crippen LogP contribution is -1.98. The molecule has 0 aliphatic carbocycles. The molecule has 2 aromatic rings. The van der Waals surface area contributed by atoms with Gasteiger partial charge in [0.05, 0.1) is 4.90 Å². The fourth-order valence-electron chi connectivity index (χ4n) is 1.95. The Morgan fingerprint density at radius 1 is 0.960 bits per heavy atom. The summed E-state index contributed by atoms with van der Waals surface area (Å²) in [6.45, 7) is 18.4. The van der Waals surface area contributed by atoms with Crippen molar-refractivity contribution in [3.8, 4) is 0 Å². The third-order valence-electron chi connectivity index (χ3n) is 2.90. The molecule has 0 saturated heterocycles. The first-order valence-corrected chi connectivity index (χ1v) is 10.6. The van der Waals surface area contributed by atoms with Crippen LogP contribution < -0.4 is 0 Å². The highest BCUT2D eigenvalue weighted by molar-refractivity contribution is 7.85. The molecule has 1 N–H and O–H groups in total. The lowest BCUT2D eigenvalue weighted by molar-refractivity contribution is 0.483. The van der Waals surface area contributed by atoms with Gasteiger partial charge in [0.1, 0.15) is 0 Å². The Kier molecular flexibility index (Phi) is 13.3. The molecule has 0 heterocycles. The minimum absolute atomic E-state index is 0.0456. The maximum atomic E-state index is 11.1. The van der Waals surface area contributed by atoms with E-state index in [1.807, 2.05) is 59.7 Å². The Morgan fingerprint density at radius 3 is 1.84 bits per heavy atom. The van der Waals surface area contributed by atoms with Crippen molar-refractivity contribution in [2.24, 2.45) is 5.92 Å². The molecule has 0 aliphatic rings. The number of hydrogen-bond acceptors (Lipinski definition) is 2. The summed E-state index contributed by atoms with van der Waals surface area (Å²) in [5, 5.41) is 1.85. The van der Waals surface area contributed by atoms with Crippen molar-refractivity contribution in [2.45, 2.75) is 73.6 Å². The molecule has 0 unspecified atom stereocenters. The highest BCUT2D eigenvalue weighted by atomic mass is 32.2. The highest BCUT2D eigenvalue weighted by Gasteiger charge is 2.11. The predicted octanol–water partition coefficient (Wildman–Crippen LogP) is 6.67. The van der Waals surface area contributed by atoms with E-state index in [0.29, 0.717) is 0 Å². The van der Waals surface area contributed by atoms with Crippen LogP contribution in [-0.4, -0.2) is 13.0 Å². The molecular formula is C21H36O3S. The summed E-state index contributed by atoms with van der Waals surface area (Å²) >= 11 is 0. The van der Waals surface area contributed by atoms with E-state index in [0.717, 1.165) is 34.2 Å². The van der Waals surface area contributed by atoms with Gasteiger partial charge in [0, 0.05) is 0 Å². The van der Waals surface area contributed by atoms with Gasteiger partial charge in [-0.2, -0.15) is 8.42 Å². The van der Waals surface area contributed by atoms with Gasteiger partial charge in [0.25, 0.3) is 10.1 Å². The zero-order chi connectivity index (χ0) is 20.2. The molecule has 0 atom stereocenters. The number of hydrogen-bond donors (Lipinski definition) is 1. The van der Waals surface area contributed by atoms with Gasteiger partial charge in [-0.25, -0.2) is 0 Å². The Hall–Kier alpha value is -1.39. The molecule has 0 amide bonds. The number of rotatable bonds is 2. The van der Waals surface area contributed by atoms with Crippen molar-refractivity contribution in [2.75, 3.05) is 0 Å². The van der Waals surface area contributed by atoms with Crippen LogP contribution in [0.4, 0.5) is 0 Å². The van der Waals surface area contributed by atoms with Crippen molar-refractivity contribution < 1.29 is 13.0 Å². The quantitative estimate of drug-likeness (QED) is 0.602. The zero-order valence-corrected chi connectivity index (χ0v) is 18.2. The summed E-state index contributed by atoms with van der Waals surface area (Å²) in [6.07, 6.45) is 0.894. The summed E-state index contributed by atoms with van der Waals surface area (Å²) in [7, 11) is -4.14. The standard InChI is InChI=1S/C13H14O3S.C4H10.2C2H6/c1-3-10-4-5-13-9(2)6-12(17(14,15)16)8-11(13)7-10;1-4(2)3;2*1-2/h4-8H,3H2,1-2H3,(H,14,15,16);4H,1-3H3;2*1-2H3. The minimum atomic E-state index is -4.14. The van der Waals surface area contributed by atoms with Crippen LogP contribution in [0.25, 0.3) is 10.8 Å². The molecular weight excluding hydrogens is 332 g/mol. The van der Waals surface area contributed by atoms with Crippen LogP contribution in [0.15, 0.2) is 35.2 Å². The average molecular weight is 369 g/mol. The Morgan fingerprint density at radius 2 is 1.44 bits per heavy atom. The number of aryl methyl sites for hydroxylation is 2. The molecule has 0 bridgehead atoms. The lowest BCUT2D eigenvalue weighted by atomic mass is 10.0. The fraction of sp³-hybridized carbons (Fsp3) is 0.524. The highest BCUT2D eigenvalue weighted by Crippen LogP contribution is 2.24. The van der Waals surface area contributed by atoms with Crippen LogP contribution in [0.1, 0.15) is 66.5 Å². The van der Waals surface area contributed by atoms with Crippen LogP contribution in [0.3, 0.4) is 0 Å². The van der Waals surface area contributed by atoms with Crippen LogP contribution in [-0.2, 0) is 16.5 Å². The van der Waals surface area contributed by atoms with E-state index in [-0.39, 0.29) is 4.90 Å². The van der Waals surface area contributed by atoms with Crippen molar-refractivity contribution in [1.29, 1.82) is 0 Å². The van der Waals surface area contributed by atoms with E-state index in [2.05, 4.69) is 20.8 Å². The molecule has 25 heavy (non-hydrogen) atoms. The second-order valence-electron chi connectivity index (χ2n) is 5.86. The molecule has 0 aromatic heterocycles. The van der Waals surface area contributed by atoms with Gasteiger partial charge in [-0.15, -0.1) is 0 Å². The first kappa shape index (κ1) is 25.8. The van der Waals surface area contributed by atoms with Crippen molar-refractivity contribution in [3.05, 3.63) is 41.5 Å². The smallest absolute Gasteiger partial charge is 0.282 e. The molecule has 2 rings (SSSR count). The van der Waals surface area contributed by atoms with E-state index < -0.39 is 10.1 Å². The van der Waals surface area contributed by atoms with Gasteiger partial charge in [0.2, 0.25) is 0 Å². The van der Waals surface area contributed by atoms with E-state index in [1.165, 1.54) is 12.1 Å². The van der Waals surface area contributed by atoms with E-state index in [1.54, 1.807) is 0 Å². The Bertz CT molecular complexity index is 714. The van der Waals surface area contributed by atoms with Gasteiger partial charge in [-0.05, 0) is 53.3 Å². The van der Waals surface area contributed by atoms with Crippen LogP contribution in [0, 0.1) is 12.8 Å². The SMILES string of the molecule is CC.CC.CC(C)C.CCc1ccc2c(C)cc(S(=O)(=O)O)cc2c1. The molecule has 3 nitrogen and oxygen atoms in total. The molecule has 0 fully saturated rings. The first-order valence-electron chi connectivity index (χ1n) is 9.16. The summed E-state index contributed by atoms with van der Waals surface area (Å²) in [6, 6.07) is 8.97. The molecule has 0 saturated carbocycles. The molecule has 4 heteroatoms. The normalized spacial score (nSPS) is 10.0. The van der Waals surface area contributed by atoms with E-state index >= 15 is 0 Å². The second-order valence-corrected chi connectivity index (χ2v) is 7.28. The van der Waals surface area contributed by atoms with Crippen molar-refractivity contribution in [1.82, 2.24) is 0 Å². The summed E-state index contributed by atoms with van der Waals surface area (Å²) < 4.78 is 31.3. The second kappa shape index (κ2) is 12.9. The van der Waals surface area contributed by atoms with Crippen molar-refractivity contribution in [3.63, 3.8) is 0 Å². The van der Waals surface area contributed by atoms with Crippen LogP contribution in [0.5, 0.6) is 0 Å². The van der Waals surface area contributed by atoms with Gasteiger partial charge >= 0.3 is 0 Å². The molecule has 0 spiro atoms. The Labute approximate surface area is 155 Å². The maximum absolute atomic E-state index is 11.1. The van der Waals surface area contributed by atoms with Gasteiger partial charge < -0.3 is 0 Å². The van der Waals surface area contributed by atoms with E-state index in [4.69, 9.17) is 4.55 Å². The number of fused-ring (bicyclic) bond motifs is 1. The lowest BCUT2D eigenvalue weighted by Gasteiger charge is -2.07. The predicted molar refractivity (Wildman–Crippen MR) is 111 cm³/mol. The maximum Gasteiger partial charge on any atom is 0.294 e. The third kappa shape index (κ3) is 9.61. The largest absolute Gasteiger partial charge is 0.294 e. The van der Waals surface area contributed by atoms with E-state index in [9.17, 15) is 8.42 Å². The van der Waals surface area contributed by atoms with Gasteiger partial charge in [0.15, 0.2) is 0 Å². The molecule has 144 valence electrons. The fourth-order valence-corrected chi connectivity index (χ4v) is 2.55. The molecule has 0 radical (unpaired) electrons. The molecule has 2 aromatic carbocycles. The summed E-state index contributed by atoms with van der Waals surface area (Å²) in [5.41, 5.74) is 1.99. The van der Waals surface area contributed by atoms with Crippen molar-refractivity contribution >= 4 is 20.9 Å². The van der Waals surface area contributed by atoms with Gasteiger partial charge in [-0.3, -0.25) is 4.55 Å². The number of benzene rings is 2. The Balaban J connectivity index is 0. The van der Waals surface area contributed by atoms with Gasteiger partial charge in [-0.1, -0.05) is 73.6 Å². The van der Waals surface area contributed by atoms with Crippen LogP contribution >= 0.6 is 0 Å². The molecule has 0 aliphatic heterocycles. The monoisotopic (exact) mass is 368 g/mol. The topological polar surface area (TPSA) is 54.4 Å². The summed E-state index contributed by atoms with van der Waals surface area (Å²) in [5.74, 6) is 0.833. The zero-order valence-electron chi connectivity index (χ0n) is 17.3. The van der Waals surface area contributed by atoms with Crippen LogP contribution in [0.2, 0.25) is 0 Å². The first-order chi connectivity index (χ1) is 11.6. The third-order valence-corrected chi connectivity index (χ3v) is 3.73. The minimum Gasteiger partial charge on any atom is -0.282 e. The average Bonchev–Trinajstić information content (AvgIpc) is 2.56. The summed E-state index contributed by atoms with van der Waals surface area (Å²) in [4.78, 5) is -0.0456.